The van der Waals surface area contributed by atoms with Crippen LogP contribution in [0.25, 0.3) is 0 Å². The SMILES string of the molecule is CCCCCCC(C=O)(CO)CCCCC. The Labute approximate surface area is 100 Å². The predicted molar refractivity (Wildman–Crippen MR) is 68.5 cm³/mol. The number of carbonyl (C=O) groups is 1. The molecule has 96 valence electrons. The summed E-state index contributed by atoms with van der Waals surface area (Å²) in [6.45, 7) is 4.36. The second-order valence-corrected chi connectivity index (χ2v) is 4.91. The summed E-state index contributed by atoms with van der Waals surface area (Å²) in [7, 11) is 0. The Morgan fingerprint density at radius 3 is 1.88 bits per heavy atom. The summed E-state index contributed by atoms with van der Waals surface area (Å²) >= 11 is 0. The third-order valence-electron chi connectivity index (χ3n) is 3.37. The summed E-state index contributed by atoms with van der Waals surface area (Å²) in [6, 6.07) is 0. The van der Waals surface area contributed by atoms with Crippen LogP contribution in [0.15, 0.2) is 0 Å². The summed E-state index contributed by atoms with van der Waals surface area (Å²) in [5.74, 6) is 0. The molecule has 2 nitrogen and oxygen atoms in total. The van der Waals surface area contributed by atoms with Gasteiger partial charge in [-0.05, 0) is 12.8 Å². The lowest BCUT2D eigenvalue weighted by Crippen LogP contribution is -2.27. The van der Waals surface area contributed by atoms with Gasteiger partial charge in [0.15, 0.2) is 0 Å². The van der Waals surface area contributed by atoms with Gasteiger partial charge in [0, 0.05) is 5.41 Å². The van der Waals surface area contributed by atoms with Crippen molar-refractivity contribution in [3.05, 3.63) is 0 Å². The molecular weight excluding hydrogens is 200 g/mol. The fourth-order valence-electron chi connectivity index (χ4n) is 2.07. The van der Waals surface area contributed by atoms with Gasteiger partial charge in [-0.25, -0.2) is 0 Å². The maximum Gasteiger partial charge on any atom is 0.128 e. The lowest BCUT2D eigenvalue weighted by atomic mass is 9.80. The van der Waals surface area contributed by atoms with Crippen LogP contribution in [0.4, 0.5) is 0 Å². The van der Waals surface area contributed by atoms with E-state index in [4.69, 9.17) is 0 Å². The quantitative estimate of drug-likeness (QED) is 0.432. The highest BCUT2D eigenvalue weighted by molar-refractivity contribution is 5.59. The third-order valence-corrected chi connectivity index (χ3v) is 3.37. The largest absolute Gasteiger partial charge is 0.395 e. The number of aliphatic hydroxyl groups is 1. The fraction of sp³-hybridized carbons (Fsp3) is 0.929. The molecule has 0 radical (unpaired) electrons. The molecule has 1 atom stereocenters. The molecule has 0 amide bonds. The van der Waals surface area contributed by atoms with Crippen molar-refractivity contribution in [2.45, 2.75) is 71.6 Å². The second kappa shape index (κ2) is 9.83. The maximum atomic E-state index is 11.2. The van der Waals surface area contributed by atoms with Gasteiger partial charge in [-0.2, -0.15) is 0 Å². The Morgan fingerprint density at radius 1 is 0.938 bits per heavy atom. The van der Waals surface area contributed by atoms with E-state index >= 15 is 0 Å². The zero-order valence-corrected chi connectivity index (χ0v) is 11.0. The number of unbranched alkanes of at least 4 members (excludes halogenated alkanes) is 5. The predicted octanol–water partition coefficient (Wildman–Crippen LogP) is 3.71. The van der Waals surface area contributed by atoms with Crippen molar-refractivity contribution < 1.29 is 9.90 Å². The average molecular weight is 228 g/mol. The molecule has 0 saturated carbocycles. The van der Waals surface area contributed by atoms with Gasteiger partial charge in [0.2, 0.25) is 0 Å². The average Bonchev–Trinajstić information content (AvgIpc) is 2.33. The van der Waals surface area contributed by atoms with Crippen molar-refractivity contribution in [1.82, 2.24) is 0 Å². The standard InChI is InChI=1S/C14H28O2/c1-3-5-7-9-11-14(12-15,13-16)10-8-6-4-2/h12,16H,3-11,13H2,1-2H3. The van der Waals surface area contributed by atoms with Gasteiger partial charge >= 0.3 is 0 Å². The first-order valence-corrected chi connectivity index (χ1v) is 6.82. The molecule has 16 heavy (non-hydrogen) atoms. The molecule has 0 aromatic rings. The Kier molecular flexibility index (Phi) is 9.60. The maximum absolute atomic E-state index is 11.2. The molecule has 0 rings (SSSR count). The number of hydrogen-bond acceptors (Lipinski definition) is 2. The fourth-order valence-corrected chi connectivity index (χ4v) is 2.07. The van der Waals surface area contributed by atoms with E-state index in [9.17, 15) is 9.90 Å². The van der Waals surface area contributed by atoms with Gasteiger partial charge < -0.3 is 9.90 Å². The van der Waals surface area contributed by atoms with Crippen molar-refractivity contribution in [3.8, 4) is 0 Å². The van der Waals surface area contributed by atoms with Crippen molar-refractivity contribution in [2.24, 2.45) is 5.41 Å². The minimum absolute atomic E-state index is 0.0202. The van der Waals surface area contributed by atoms with Crippen LogP contribution in [-0.4, -0.2) is 18.0 Å². The van der Waals surface area contributed by atoms with Crippen LogP contribution in [0, 0.1) is 5.41 Å². The minimum Gasteiger partial charge on any atom is -0.395 e. The molecule has 0 bridgehead atoms. The van der Waals surface area contributed by atoms with Gasteiger partial charge in [-0.3, -0.25) is 0 Å². The number of rotatable bonds is 11. The first-order valence-electron chi connectivity index (χ1n) is 6.82. The first kappa shape index (κ1) is 15.6. The Morgan fingerprint density at radius 2 is 1.44 bits per heavy atom. The molecule has 0 aromatic heterocycles. The van der Waals surface area contributed by atoms with Gasteiger partial charge in [0.1, 0.15) is 6.29 Å². The highest BCUT2D eigenvalue weighted by Crippen LogP contribution is 2.29. The molecule has 1 unspecified atom stereocenters. The van der Waals surface area contributed by atoms with Crippen LogP contribution in [0.1, 0.15) is 71.6 Å². The molecular formula is C14H28O2. The van der Waals surface area contributed by atoms with Crippen molar-refractivity contribution in [3.63, 3.8) is 0 Å². The van der Waals surface area contributed by atoms with E-state index < -0.39 is 5.41 Å². The van der Waals surface area contributed by atoms with Crippen LogP contribution >= 0.6 is 0 Å². The smallest absolute Gasteiger partial charge is 0.128 e. The molecule has 0 aliphatic carbocycles. The second-order valence-electron chi connectivity index (χ2n) is 4.91. The lowest BCUT2D eigenvalue weighted by Gasteiger charge is -2.25. The van der Waals surface area contributed by atoms with E-state index in [0.29, 0.717) is 0 Å². The molecule has 0 saturated heterocycles. The normalized spacial score (nSPS) is 14.7. The highest BCUT2D eigenvalue weighted by atomic mass is 16.3. The summed E-state index contributed by atoms with van der Waals surface area (Å²) in [5, 5.41) is 9.40. The Hall–Kier alpha value is -0.370. The zero-order chi connectivity index (χ0) is 12.3. The zero-order valence-electron chi connectivity index (χ0n) is 11.0. The van der Waals surface area contributed by atoms with E-state index in [1.807, 2.05) is 0 Å². The first-order chi connectivity index (χ1) is 7.74. The molecule has 0 aliphatic rings. The van der Waals surface area contributed by atoms with Crippen molar-refractivity contribution in [1.29, 1.82) is 0 Å². The van der Waals surface area contributed by atoms with Crippen LogP contribution < -0.4 is 0 Å². The van der Waals surface area contributed by atoms with Crippen LogP contribution in [-0.2, 0) is 4.79 Å². The molecule has 0 fully saturated rings. The van der Waals surface area contributed by atoms with E-state index in [0.717, 1.165) is 44.8 Å². The molecule has 2 heteroatoms. The number of aldehydes is 1. The summed E-state index contributed by atoms with van der Waals surface area (Å²) in [4.78, 5) is 11.2. The minimum atomic E-state index is -0.442. The van der Waals surface area contributed by atoms with Crippen LogP contribution in [0.2, 0.25) is 0 Å². The van der Waals surface area contributed by atoms with E-state index in [2.05, 4.69) is 13.8 Å². The van der Waals surface area contributed by atoms with Crippen molar-refractivity contribution in [2.75, 3.05) is 6.61 Å². The van der Waals surface area contributed by atoms with Gasteiger partial charge in [0.25, 0.3) is 0 Å². The van der Waals surface area contributed by atoms with Gasteiger partial charge in [0.05, 0.1) is 6.61 Å². The molecule has 0 heterocycles. The van der Waals surface area contributed by atoms with Crippen LogP contribution in [0.5, 0.6) is 0 Å². The van der Waals surface area contributed by atoms with E-state index in [1.165, 1.54) is 19.3 Å². The highest BCUT2D eigenvalue weighted by Gasteiger charge is 2.27. The number of carbonyl (C=O) groups excluding carboxylic acids is 1. The van der Waals surface area contributed by atoms with Crippen LogP contribution in [0.3, 0.4) is 0 Å². The lowest BCUT2D eigenvalue weighted by molar-refractivity contribution is -0.119. The van der Waals surface area contributed by atoms with Crippen molar-refractivity contribution >= 4 is 6.29 Å². The Bertz CT molecular complexity index is 168. The summed E-state index contributed by atoms with van der Waals surface area (Å²) in [6.07, 6.45) is 10.8. The molecule has 0 spiro atoms. The number of hydrogen-bond donors (Lipinski definition) is 1. The molecule has 1 N–H and O–H groups in total. The number of aliphatic hydroxyl groups excluding tert-OH is 1. The molecule has 0 aliphatic heterocycles. The van der Waals surface area contributed by atoms with Gasteiger partial charge in [-0.15, -0.1) is 0 Å². The summed E-state index contributed by atoms with van der Waals surface area (Å²) in [5.41, 5.74) is -0.442. The third kappa shape index (κ3) is 6.26. The topological polar surface area (TPSA) is 37.3 Å². The van der Waals surface area contributed by atoms with E-state index in [1.54, 1.807) is 0 Å². The molecule has 0 aromatic carbocycles. The Balaban J connectivity index is 3.95. The monoisotopic (exact) mass is 228 g/mol. The summed E-state index contributed by atoms with van der Waals surface area (Å²) < 4.78 is 0. The van der Waals surface area contributed by atoms with E-state index in [-0.39, 0.29) is 6.61 Å². The van der Waals surface area contributed by atoms with Gasteiger partial charge in [-0.1, -0.05) is 58.8 Å².